The maximum atomic E-state index is 12.8. The molecule has 8 nitrogen and oxygen atoms in total. The molecule has 0 aliphatic rings. The van der Waals surface area contributed by atoms with Crippen LogP contribution in [0.5, 0.6) is 17.2 Å². The lowest BCUT2D eigenvalue weighted by atomic mass is 10.2. The van der Waals surface area contributed by atoms with E-state index in [1.54, 1.807) is 42.5 Å². The van der Waals surface area contributed by atoms with Gasteiger partial charge >= 0.3 is 0 Å². The Hall–Kier alpha value is -3.20. The maximum absolute atomic E-state index is 12.8. The van der Waals surface area contributed by atoms with Gasteiger partial charge < -0.3 is 19.5 Å². The Morgan fingerprint density at radius 1 is 1.17 bits per heavy atom. The number of hydrogen-bond donors (Lipinski definition) is 1. The van der Waals surface area contributed by atoms with Gasteiger partial charge in [-0.2, -0.15) is 0 Å². The Morgan fingerprint density at radius 3 is 2.47 bits per heavy atom. The number of nitrogens with zero attached hydrogens (tertiary/aromatic N) is 1. The molecule has 0 heterocycles. The van der Waals surface area contributed by atoms with E-state index in [4.69, 9.17) is 14.2 Å². The summed E-state index contributed by atoms with van der Waals surface area (Å²) in [6, 6.07) is 10.4. The van der Waals surface area contributed by atoms with Gasteiger partial charge in [-0.15, -0.1) is 0 Å². The molecule has 0 fully saturated rings. The fourth-order valence-corrected chi connectivity index (χ4v) is 4.00. The predicted molar refractivity (Wildman–Crippen MR) is 117 cm³/mol. The Bertz CT molecular complexity index is 1010. The van der Waals surface area contributed by atoms with Gasteiger partial charge in [-0.1, -0.05) is 18.7 Å². The Labute approximate surface area is 177 Å². The maximum Gasteiger partial charge on any atom is 0.247 e. The van der Waals surface area contributed by atoms with Gasteiger partial charge in [0.05, 0.1) is 26.2 Å². The molecule has 1 N–H and O–H groups in total. The van der Waals surface area contributed by atoms with Gasteiger partial charge in [0, 0.05) is 17.8 Å². The minimum atomic E-state index is -3.78. The molecule has 2 aromatic rings. The second-order valence-corrected chi connectivity index (χ2v) is 8.25. The van der Waals surface area contributed by atoms with Crippen LogP contribution < -0.4 is 23.8 Å². The Morgan fingerprint density at radius 2 is 1.87 bits per heavy atom. The number of sulfonamides is 1. The quantitative estimate of drug-likeness (QED) is 0.578. The van der Waals surface area contributed by atoms with E-state index < -0.39 is 22.0 Å². The zero-order chi connectivity index (χ0) is 22.3. The smallest absolute Gasteiger partial charge is 0.247 e. The summed E-state index contributed by atoms with van der Waals surface area (Å²) in [5.74, 6) is 0.850. The lowest BCUT2D eigenvalue weighted by Gasteiger charge is -2.28. The van der Waals surface area contributed by atoms with E-state index in [9.17, 15) is 13.2 Å². The van der Waals surface area contributed by atoms with Crippen LogP contribution in [0.4, 0.5) is 11.4 Å². The van der Waals surface area contributed by atoms with Crippen molar-refractivity contribution in [3.63, 3.8) is 0 Å². The molecule has 2 aromatic carbocycles. The number of amides is 1. The molecule has 0 spiro atoms. The van der Waals surface area contributed by atoms with Crippen LogP contribution in [0.25, 0.3) is 0 Å². The number of ether oxygens (including phenoxy) is 3. The number of hydrogen-bond acceptors (Lipinski definition) is 6. The Balaban J connectivity index is 2.31. The van der Waals surface area contributed by atoms with Crippen LogP contribution in [-0.2, 0) is 14.8 Å². The second kappa shape index (κ2) is 10.0. The van der Waals surface area contributed by atoms with E-state index in [1.165, 1.54) is 27.2 Å². The molecule has 30 heavy (non-hydrogen) atoms. The van der Waals surface area contributed by atoms with Crippen molar-refractivity contribution < 1.29 is 27.4 Å². The normalized spacial score (nSPS) is 11.9. The van der Waals surface area contributed by atoms with E-state index in [0.717, 1.165) is 10.6 Å². The summed E-state index contributed by atoms with van der Waals surface area (Å²) in [4.78, 5) is 12.8. The standard InChI is InChI=1S/C21H26N2O6S/c1-6-12-29-18-9-7-8-16(13-18)22-21(24)15(2)23(30(5,25)26)17-10-11-19(27-3)20(14-17)28-4/h6-11,13-15H,1,12H2,2-5H3,(H,22,24). The first-order valence-electron chi connectivity index (χ1n) is 9.07. The molecule has 0 bridgehead atoms. The van der Waals surface area contributed by atoms with Crippen LogP contribution in [-0.4, -0.2) is 47.4 Å². The molecule has 0 radical (unpaired) electrons. The predicted octanol–water partition coefficient (Wildman–Crippen LogP) is 3.06. The molecular formula is C21H26N2O6S. The average molecular weight is 435 g/mol. The molecule has 1 unspecified atom stereocenters. The lowest BCUT2D eigenvalue weighted by molar-refractivity contribution is -0.116. The highest BCUT2D eigenvalue weighted by Gasteiger charge is 2.30. The zero-order valence-corrected chi connectivity index (χ0v) is 18.2. The SMILES string of the molecule is C=CCOc1cccc(NC(=O)C(C)N(c2ccc(OC)c(OC)c2)S(C)(=O)=O)c1. The third-order valence-corrected chi connectivity index (χ3v) is 5.42. The fraction of sp³-hybridized carbons (Fsp3) is 0.286. The van der Waals surface area contributed by atoms with Crippen molar-refractivity contribution in [3.05, 3.63) is 55.1 Å². The first kappa shape index (κ1) is 23.1. The highest BCUT2D eigenvalue weighted by molar-refractivity contribution is 7.92. The molecule has 0 saturated carbocycles. The molecule has 0 aliphatic heterocycles. The summed E-state index contributed by atoms with van der Waals surface area (Å²) in [6.45, 7) is 5.42. The topological polar surface area (TPSA) is 94.2 Å². The first-order valence-corrected chi connectivity index (χ1v) is 10.9. The number of carbonyl (C=O) groups excluding carboxylic acids is 1. The van der Waals surface area contributed by atoms with E-state index in [2.05, 4.69) is 11.9 Å². The highest BCUT2D eigenvalue weighted by Crippen LogP contribution is 2.33. The molecule has 0 saturated heterocycles. The largest absolute Gasteiger partial charge is 0.493 e. The van der Waals surface area contributed by atoms with Gasteiger partial charge in [0.2, 0.25) is 15.9 Å². The van der Waals surface area contributed by atoms with E-state index in [0.29, 0.717) is 29.5 Å². The van der Waals surface area contributed by atoms with Crippen molar-refractivity contribution in [2.45, 2.75) is 13.0 Å². The van der Waals surface area contributed by atoms with Crippen LogP contribution in [0.3, 0.4) is 0 Å². The van der Waals surface area contributed by atoms with E-state index in [1.807, 2.05) is 0 Å². The number of carbonyl (C=O) groups is 1. The van der Waals surface area contributed by atoms with Gasteiger partial charge in [-0.25, -0.2) is 8.42 Å². The summed E-state index contributed by atoms with van der Waals surface area (Å²) < 4.78 is 41.9. The minimum absolute atomic E-state index is 0.279. The van der Waals surface area contributed by atoms with Crippen LogP contribution >= 0.6 is 0 Å². The summed E-state index contributed by atoms with van der Waals surface area (Å²) in [6.07, 6.45) is 2.65. The molecule has 1 amide bonds. The number of benzene rings is 2. The van der Waals surface area contributed by atoms with Crippen molar-refractivity contribution in [2.75, 3.05) is 36.7 Å². The van der Waals surface area contributed by atoms with Crippen molar-refractivity contribution in [1.82, 2.24) is 0 Å². The monoisotopic (exact) mass is 434 g/mol. The van der Waals surface area contributed by atoms with Gasteiger partial charge in [0.1, 0.15) is 18.4 Å². The van der Waals surface area contributed by atoms with E-state index in [-0.39, 0.29) is 5.69 Å². The van der Waals surface area contributed by atoms with Gasteiger partial charge in [-0.05, 0) is 31.2 Å². The third kappa shape index (κ3) is 5.66. The van der Waals surface area contributed by atoms with Crippen LogP contribution in [0.1, 0.15) is 6.92 Å². The van der Waals surface area contributed by atoms with Crippen molar-refractivity contribution >= 4 is 27.3 Å². The summed E-state index contributed by atoms with van der Waals surface area (Å²) in [5, 5.41) is 2.73. The summed E-state index contributed by atoms with van der Waals surface area (Å²) in [5.41, 5.74) is 0.759. The number of methoxy groups -OCH3 is 2. The van der Waals surface area contributed by atoms with Gasteiger partial charge in [0.15, 0.2) is 11.5 Å². The average Bonchev–Trinajstić information content (AvgIpc) is 2.71. The molecule has 0 aromatic heterocycles. The molecular weight excluding hydrogens is 408 g/mol. The first-order chi connectivity index (χ1) is 14.2. The highest BCUT2D eigenvalue weighted by atomic mass is 32.2. The number of nitrogens with one attached hydrogen (secondary N) is 1. The second-order valence-electron chi connectivity index (χ2n) is 6.39. The summed E-state index contributed by atoms with van der Waals surface area (Å²) in [7, 11) is -0.850. The number of rotatable bonds is 10. The minimum Gasteiger partial charge on any atom is -0.493 e. The molecule has 162 valence electrons. The number of anilines is 2. The van der Waals surface area contributed by atoms with Gasteiger partial charge in [-0.3, -0.25) is 9.10 Å². The van der Waals surface area contributed by atoms with Gasteiger partial charge in [0.25, 0.3) is 0 Å². The van der Waals surface area contributed by atoms with Crippen molar-refractivity contribution in [3.8, 4) is 17.2 Å². The lowest BCUT2D eigenvalue weighted by Crippen LogP contribution is -2.45. The zero-order valence-electron chi connectivity index (χ0n) is 17.4. The molecule has 9 heteroatoms. The molecule has 0 aliphatic carbocycles. The van der Waals surface area contributed by atoms with Crippen LogP contribution in [0.15, 0.2) is 55.1 Å². The fourth-order valence-electron chi connectivity index (χ4n) is 2.84. The molecule has 1 atom stereocenters. The molecule has 2 rings (SSSR count). The van der Waals surface area contributed by atoms with Crippen molar-refractivity contribution in [1.29, 1.82) is 0 Å². The van der Waals surface area contributed by atoms with Crippen molar-refractivity contribution in [2.24, 2.45) is 0 Å². The summed E-state index contributed by atoms with van der Waals surface area (Å²) >= 11 is 0. The van der Waals surface area contributed by atoms with Crippen LogP contribution in [0.2, 0.25) is 0 Å². The van der Waals surface area contributed by atoms with Crippen LogP contribution in [0, 0.1) is 0 Å². The third-order valence-electron chi connectivity index (χ3n) is 4.18. The van der Waals surface area contributed by atoms with E-state index >= 15 is 0 Å². The Kier molecular flexibility index (Phi) is 7.71.